The topological polar surface area (TPSA) is 118 Å². The largest absolute Gasteiger partial charge is 0.457 e. The summed E-state index contributed by atoms with van der Waals surface area (Å²) in [4.78, 5) is 36.9. The van der Waals surface area contributed by atoms with Gasteiger partial charge in [0.25, 0.3) is 0 Å². The molecule has 0 spiro atoms. The summed E-state index contributed by atoms with van der Waals surface area (Å²) in [7, 11) is 1.51. The summed E-state index contributed by atoms with van der Waals surface area (Å²) in [5.41, 5.74) is -0.291. The number of H-pyrrole nitrogens is 1. The lowest BCUT2D eigenvalue weighted by Gasteiger charge is -2.16. The summed E-state index contributed by atoms with van der Waals surface area (Å²) in [5, 5.41) is 5.51. The highest BCUT2D eigenvalue weighted by Crippen LogP contribution is 2.32. The molecule has 0 radical (unpaired) electrons. The Kier molecular flexibility index (Phi) is 8.50. The lowest BCUT2D eigenvalue weighted by Crippen LogP contribution is -2.31. The van der Waals surface area contributed by atoms with Gasteiger partial charge in [-0.1, -0.05) is 0 Å². The van der Waals surface area contributed by atoms with E-state index in [2.05, 4.69) is 20.6 Å². The molecule has 3 N–H and O–H groups in total. The van der Waals surface area contributed by atoms with Crippen molar-refractivity contribution >= 4 is 40.3 Å². The fraction of sp³-hybridized carbons (Fsp3) is 0.192. The normalized spacial score (nSPS) is 11.3. The summed E-state index contributed by atoms with van der Waals surface area (Å²) in [6, 6.07) is 11.9. The standard InChI is InChI=1S/C26H23F4N5O5/c1-15(36)35(39-12-11-38-2)24-32-21-10-8-19(14-23(21)33-24)40-18-6-4-17(5-7-18)31-25(37)34-22-13-16(26(28,29)30)3-9-20(22)27/h3-10,13-14H,11-12H2,1-2H3,(H,32,33)(H2,31,34,37). The molecule has 40 heavy (non-hydrogen) atoms. The van der Waals surface area contributed by atoms with Crippen LogP contribution in [0, 0.1) is 5.82 Å². The van der Waals surface area contributed by atoms with Crippen molar-refractivity contribution < 1.29 is 41.5 Å². The van der Waals surface area contributed by atoms with E-state index >= 15 is 0 Å². The Morgan fingerprint density at radius 1 is 0.975 bits per heavy atom. The molecule has 0 saturated carbocycles. The highest BCUT2D eigenvalue weighted by molar-refractivity contribution is 6.00. The van der Waals surface area contributed by atoms with Crippen LogP contribution >= 0.6 is 0 Å². The third kappa shape index (κ3) is 7.03. The van der Waals surface area contributed by atoms with Crippen LogP contribution in [0.2, 0.25) is 0 Å². The van der Waals surface area contributed by atoms with Gasteiger partial charge < -0.3 is 25.1 Å². The minimum absolute atomic E-state index is 0.149. The SMILES string of the molecule is COCCON(C(C)=O)c1nc2ccc(Oc3ccc(NC(=O)Nc4cc(C(F)(F)F)ccc4F)cc3)cc2[nH]1. The van der Waals surface area contributed by atoms with E-state index in [0.29, 0.717) is 40.7 Å². The molecule has 1 heterocycles. The van der Waals surface area contributed by atoms with Crippen LogP contribution in [0.4, 0.5) is 39.7 Å². The lowest BCUT2D eigenvalue weighted by atomic mass is 10.2. The average molecular weight is 561 g/mol. The Morgan fingerprint density at radius 3 is 2.38 bits per heavy atom. The second-order valence-corrected chi connectivity index (χ2v) is 8.28. The number of rotatable bonds is 9. The molecule has 0 fully saturated rings. The number of carbonyl (C=O) groups is 2. The number of aromatic nitrogens is 2. The second kappa shape index (κ2) is 12.0. The maximum absolute atomic E-state index is 13.9. The minimum Gasteiger partial charge on any atom is -0.457 e. The number of anilines is 3. The van der Waals surface area contributed by atoms with Crippen LogP contribution in [0.15, 0.2) is 60.7 Å². The summed E-state index contributed by atoms with van der Waals surface area (Å²) in [6.45, 7) is 1.77. The van der Waals surface area contributed by atoms with Crippen molar-refractivity contribution in [2.24, 2.45) is 0 Å². The van der Waals surface area contributed by atoms with E-state index in [1.165, 1.54) is 26.2 Å². The highest BCUT2D eigenvalue weighted by Gasteiger charge is 2.31. The number of alkyl halides is 3. The van der Waals surface area contributed by atoms with Crippen molar-refractivity contribution in [1.29, 1.82) is 0 Å². The number of methoxy groups -OCH3 is 1. The Labute approximate surface area is 224 Å². The van der Waals surface area contributed by atoms with Crippen LogP contribution in [-0.2, 0) is 20.5 Å². The Balaban J connectivity index is 1.39. The van der Waals surface area contributed by atoms with Crippen molar-refractivity contribution in [3.05, 3.63) is 72.0 Å². The van der Waals surface area contributed by atoms with E-state index in [4.69, 9.17) is 14.3 Å². The zero-order chi connectivity index (χ0) is 28.9. The van der Waals surface area contributed by atoms with Gasteiger partial charge in [0.2, 0.25) is 11.9 Å². The van der Waals surface area contributed by atoms with E-state index in [1.807, 2.05) is 0 Å². The number of hydrogen-bond donors (Lipinski definition) is 3. The quantitative estimate of drug-likeness (QED) is 0.129. The molecule has 210 valence electrons. The molecule has 0 unspecified atom stereocenters. The highest BCUT2D eigenvalue weighted by atomic mass is 19.4. The summed E-state index contributed by atoms with van der Waals surface area (Å²) in [5.74, 6) is -0.359. The number of hydroxylamine groups is 1. The van der Waals surface area contributed by atoms with Crippen LogP contribution < -0.4 is 20.4 Å². The van der Waals surface area contributed by atoms with Crippen molar-refractivity contribution in [1.82, 2.24) is 9.97 Å². The fourth-order valence-electron chi connectivity index (χ4n) is 3.47. The van der Waals surface area contributed by atoms with E-state index in [0.717, 1.165) is 5.06 Å². The number of nitrogens with zero attached hydrogens (tertiary/aromatic N) is 2. The summed E-state index contributed by atoms with van der Waals surface area (Å²) < 4.78 is 63.3. The maximum atomic E-state index is 13.9. The lowest BCUT2D eigenvalue weighted by molar-refractivity contribution is -0.137. The Hall–Kier alpha value is -4.69. The average Bonchev–Trinajstić information content (AvgIpc) is 3.31. The van der Waals surface area contributed by atoms with Gasteiger partial charge in [-0.25, -0.2) is 14.2 Å². The van der Waals surface area contributed by atoms with Crippen molar-refractivity contribution in [2.45, 2.75) is 13.1 Å². The predicted molar refractivity (Wildman–Crippen MR) is 138 cm³/mol. The van der Waals surface area contributed by atoms with Crippen LogP contribution in [-0.4, -0.2) is 42.2 Å². The van der Waals surface area contributed by atoms with Crippen LogP contribution in [0.1, 0.15) is 12.5 Å². The number of amides is 3. The molecule has 0 saturated heterocycles. The van der Waals surface area contributed by atoms with Gasteiger partial charge in [0.05, 0.1) is 35.5 Å². The number of imidazole rings is 1. The molecule has 0 atom stereocenters. The van der Waals surface area contributed by atoms with E-state index in [-0.39, 0.29) is 30.8 Å². The van der Waals surface area contributed by atoms with Crippen molar-refractivity contribution in [3.63, 3.8) is 0 Å². The van der Waals surface area contributed by atoms with Crippen LogP contribution in [0.5, 0.6) is 11.5 Å². The number of halogens is 4. The molecule has 10 nitrogen and oxygen atoms in total. The molecule has 14 heteroatoms. The van der Waals surface area contributed by atoms with Gasteiger partial charge in [-0.3, -0.25) is 9.63 Å². The van der Waals surface area contributed by atoms with Crippen LogP contribution in [0.25, 0.3) is 11.0 Å². The van der Waals surface area contributed by atoms with Gasteiger partial charge in [0, 0.05) is 25.8 Å². The smallest absolute Gasteiger partial charge is 0.416 e. The van der Waals surface area contributed by atoms with Crippen molar-refractivity contribution in [3.8, 4) is 11.5 Å². The van der Waals surface area contributed by atoms with E-state index < -0.39 is 29.3 Å². The second-order valence-electron chi connectivity index (χ2n) is 8.28. The molecule has 0 aliphatic rings. The Bertz CT molecular complexity index is 1510. The van der Waals surface area contributed by atoms with E-state index in [9.17, 15) is 27.2 Å². The van der Waals surface area contributed by atoms with Gasteiger partial charge in [-0.15, -0.1) is 0 Å². The van der Waals surface area contributed by atoms with Gasteiger partial charge in [0.15, 0.2) is 0 Å². The third-order valence-corrected chi connectivity index (χ3v) is 5.32. The number of ether oxygens (including phenoxy) is 2. The summed E-state index contributed by atoms with van der Waals surface area (Å²) in [6.07, 6.45) is -4.69. The molecule has 1 aromatic heterocycles. The number of hydrogen-bond acceptors (Lipinski definition) is 6. The Morgan fingerprint density at radius 2 is 1.70 bits per heavy atom. The third-order valence-electron chi connectivity index (χ3n) is 5.32. The molecule has 0 aliphatic carbocycles. The minimum atomic E-state index is -4.69. The van der Waals surface area contributed by atoms with Gasteiger partial charge >= 0.3 is 12.2 Å². The molecular formula is C26H23F4N5O5. The molecular weight excluding hydrogens is 538 g/mol. The monoisotopic (exact) mass is 561 g/mol. The van der Waals surface area contributed by atoms with Crippen LogP contribution in [0.3, 0.4) is 0 Å². The molecule has 4 rings (SSSR count). The number of urea groups is 1. The first kappa shape index (κ1) is 28.3. The zero-order valence-corrected chi connectivity index (χ0v) is 21.1. The number of carbonyl (C=O) groups excluding carboxylic acids is 2. The predicted octanol–water partition coefficient (Wildman–Crippen LogP) is 6.09. The van der Waals surface area contributed by atoms with Gasteiger partial charge in [-0.2, -0.15) is 18.2 Å². The first-order valence-electron chi connectivity index (χ1n) is 11.7. The fourth-order valence-corrected chi connectivity index (χ4v) is 3.47. The number of nitrogens with one attached hydrogen (secondary N) is 3. The molecule has 0 aliphatic heterocycles. The molecule has 4 aromatic rings. The molecule has 0 bridgehead atoms. The van der Waals surface area contributed by atoms with Crippen molar-refractivity contribution in [2.75, 3.05) is 36.0 Å². The molecule has 3 amide bonds. The maximum Gasteiger partial charge on any atom is 0.416 e. The van der Waals surface area contributed by atoms with Gasteiger partial charge in [0.1, 0.15) is 17.3 Å². The zero-order valence-electron chi connectivity index (χ0n) is 21.1. The van der Waals surface area contributed by atoms with E-state index in [1.54, 1.807) is 30.3 Å². The first-order chi connectivity index (χ1) is 19.0. The molecule has 3 aromatic carbocycles. The number of benzene rings is 3. The number of aromatic amines is 1. The summed E-state index contributed by atoms with van der Waals surface area (Å²) >= 11 is 0. The van der Waals surface area contributed by atoms with Gasteiger partial charge in [-0.05, 0) is 54.6 Å². The first-order valence-corrected chi connectivity index (χ1v) is 11.7. The number of fused-ring (bicyclic) bond motifs is 1.